The molecule has 1 fully saturated rings. The molecule has 1 aliphatic rings. The Balaban J connectivity index is 1.73. The maximum Gasteiger partial charge on any atom is 0.229 e. The van der Waals surface area contributed by atoms with Gasteiger partial charge in [-0.05, 0) is 24.3 Å². The van der Waals surface area contributed by atoms with Gasteiger partial charge >= 0.3 is 0 Å². The van der Waals surface area contributed by atoms with Gasteiger partial charge in [-0.1, -0.05) is 53.0 Å². The normalized spacial score (nSPS) is 17.2. The molecule has 0 spiro atoms. The molecule has 1 N–H and O–H groups in total. The van der Waals surface area contributed by atoms with Gasteiger partial charge in [0.1, 0.15) is 0 Å². The van der Waals surface area contributed by atoms with Gasteiger partial charge in [0.25, 0.3) is 0 Å². The highest BCUT2D eigenvalue weighted by Crippen LogP contribution is 2.33. The third kappa shape index (κ3) is 3.51. The lowest BCUT2D eigenvalue weighted by Crippen LogP contribution is -2.28. The summed E-state index contributed by atoms with van der Waals surface area (Å²) in [5.41, 5.74) is 1.16. The van der Waals surface area contributed by atoms with E-state index in [0.717, 1.165) is 5.69 Å². The van der Waals surface area contributed by atoms with Crippen LogP contribution in [0.25, 0.3) is 0 Å². The summed E-state index contributed by atoms with van der Waals surface area (Å²) in [6.45, 7) is 0.327. The van der Waals surface area contributed by atoms with Crippen molar-refractivity contribution in [1.29, 1.82) is 0 Å². The van der Waals surface area contributed by atoms with Gasteiger partial charge in [0.15, 0.2) is 0 Å². The highest BCUT2D eigenvalue weighted by molar-refractivity contribution is 6.44. The van der Waals surface area contributed by atoms with Crippen molar-refractivity contribution in [3.8, 4) is 0 Å². The number of carbonyl (C=O) groups is 2. The second-order valence-electron chi connectivity index (χ2n) is 5.48. The van der Waals surface area contributed by atoms with Crippen LogP contribution in [-0.4, -0.2) is 18.4 Å². The zero-order valence-corrected chi connectivity index (χ0v) is 14.7. The lowest BCUT2D eigenvalue weighted by Gasteiger charge is -2.16. The van der Waals surface area contributed by atoms with Crippen LogP contribution in [0.1, 0.15) is 6.42 Å². The Kier molecular flexibility index (Phi) is 4.99. The number of nitrogens with zero attached hydrogens (tertiary/aromatic N) is 1. The molecule has 0 bridgehead atoms. The SMILES string of the molecule is O=C(Nc1cc(Cl)c(Cl)cc1Cl)C1CC(=O)N(c2ccccc2)C1. The van der Waals surface area contributed by atoms with E-state index >= 15 is 0 Å². The van der Waals surface area contributed by atoms with Crippen LogP contribution < -0.4 is 10.2 Å². The summed E-state index contributed by atoms with van der Waals surface area (Å²) < 4.78 is 0. The molecule has 1 aliphatic heterocycles. The van der Waals surface area contributed by atoms with Crippen molar-refractivity contribution in [1.82, 2.24) is 0 Å². The Hall–Kier alpha value is -1.75. The monoisotopic (exact) mass is 382 g/mol. The van der Waals surface area contributed by atoms with Gasteiger partial charge in [-0.15, -0.1) is 0 Å². The number of anilines is 2. The van der Waals surface area contributed by atoms with Crippen molar-refractivity contribution >= 4 is 58.0 Å². The van der Waals surface area contributed by atoms with Gasteiger partial charge in [-0.25, -0.2) is 0 Å². The minimum atomic E-state index is -0.455. The maximum atomic E-state index is 12.5. The number of amides is 2. The van der Waals surface area contributed by atoms with Gasteiger partial charge in [0, 0.05) is 18.7 Å². The number of carbonyl (C=O) groups excluding carboxylic acids is 2. The predicted octanol–water partition coefficient (Wildman–Crippen LogP) is 4.64. The third-order valence-corrected chi connectivity index (χ3v) is 4.87. The summed E-state index contributed by atoms with van der Waals surface area (Å²) >= 11 is 17.9. The Morgan fingerprint density at radius 1 is 1.04 bits per heavy atom. The van der Waals surface area contributed by atoms with E-state index in [4.69, 9.17) is 34.8 Å². The first-order chi connectivity index (χ1) is 11.5. The second-order valence-corrected chi connectivity index (χ2v) is 6.70. The lowest BCUT2D eigenvalue weighted by molar-refractivity contribution is -0.122. The van der Waals surface area contributed by atoms with Crippen molar-refractivity contribution in [2.24, 2.45) is 5.92 Å². The molecule has 0 saturated carbocycles. The molecule has 1 atom stereocenters. The number of hydrogen-bond acceptors (Lipinski definition) is 2. The smallest absolute Gasteiger partial charge is 0.229 e. The number of para-hydroxylation sites is 1. The molecule has 1 saturated heterocycles. The van der Waals surface area contributed by atoms with Crippen LogP contribution in [-0.2, 0) is 9.59 Å². The number of rotatable bonds is 3. The molecular formula is C17H13Cl3N2O2. The highest BCUT2D eigenvalue weighted by Gasteiger charge is 2.35. The Morgan fingerprint density at radius 3 is 2.42 bits per heavy atom. The Morgan fingerprint density at radius 2 is 1.71 bits per heavy atom. The standard InChI is InChI=1S/C17H13Cl3N2O2/c18-12-7-14(20)15(8-13(12)19)21-17(24)10-6-16(23)22(9-10)11-4-2-1-3-5-11/h1-5,7-8,10H,6,9H2,(H,21,24). The van der Waals surface area contributed by atoms with Crippen molar-refractivity contribution in [3.05, 3.63) is 57.5 Å². The molecule has 0 radical (unpaired) electrons. The van der Waals surface area contributed by atoms with Gasteiger partial charge in [0.05, 0.1) is 26.7 Å². The molecule has 1 heterocycles. The molecule has 3 rings (SSSR count). The van der Waals surface area contributed by atoms with E-state index < -0.39 is 5.92 Å². The molecule has 7 heteroatoms. The van der Waals surface area contributed by atoms with Crippen LogP contribution in [0.2, 0.25) is 15.1 Å². The molecular weight excluding hydrogens is 371 g/mol. The van der Waals surface area contributed by atoms with E-state index in [0.29, 0.717) is 27.3 Å². The minimum absolute atomic E-state index is 0.0819. The summed E-state index contributed by atoms with van der Waals surface area (Å²) in [4.78, 5) is 26.3. The van der Waals surface area contributed by atoms with Crippen molar-refractivity contribution in [3.63, 3.8) is 0 Å². The fourth-order valence-electron chi connectivity index (χ4n) is 2.59. The fourth-order valence-corrected chi connectivity index (χ4v) is 3.19. The molecule has 24 heavy (non-hydrogen) atoms. The van der Waals surface area contributed by atoms with Gasteiger partial charge in [-0.2, -0.15) is 0 Å². The van der Waals surface area contributed by atoms with E-state index in [9.17, 15) is 9.59 Å². The average molecular weight is 384 g/mol. The van der Waals surface area contributed by atoms with Crippen LogP contribution in [0.5, 0.6) is 0 Å². The topological polar surface area (TPSA) is 49.4 Å². The van der Waals surface area contributed by atoms with Crippen LogP contribution in [0.3, 0.4) is 0 Å². The summed E-state index contributed by atoms with van der Waals surface area (Å²) in [5, 5.41) is 3.62. The second kappa shape index (κ2) is 7.01. The largest absolute Gasteiger partial charge is 0.324 e. The molecule has 124 valence electrons. The van der Waals surface area contributed by atoms with Crippen molar-refractivity contribution in [2.45, 2.75) is 6.42 Å². The molecule has 2 amide bonds. The molecule has 2 aromatic carbocycles. The minimum Gasteiger partial charge on any atom is -0.324 e. The maximum absolute atomic E-state index is 12.5. The van der Waals surface area contributed by atoms with E-state index in [1.807, 2.05) is 30.3 Å². The van der Waals surface area contributed by atoms with E-state index in [2.05, 4.69) is 5.32 Å². The van der Waals surface area contributed by atoms with Crippen LogP contribution in [0, 0.1) is 5.92 Å². The van der Waals surface area contributed by atoms with Crippen molar-refractivity contribution in [2.75, 3.05) is 16.8 Å². The third-order valence-electron chi connectivity index (χ3n) is 3.83. The first kappa shape index (κ1) is 17.1. The first-order valence-electron chi connectivity index (χ1n) is 7.26. The fraction of sp³-hybridized carbons (Fsp3) is 0.176. The zero-order valence-electron chi connectivity index (χ0n) is 12.4. The Labute approximate surface area is 154 Å². The number of halogens is 3. The first-order valence-corrected chi connectivity index (χ1v) is 8.40. The summed E-state index contributed by atoms with van der Waals surface area (Å²) in [7, 11) is 0. The quantitative estimate of drug-likeness (QED) is 0.785. The summed E-state index contributed by atoms with van der Waals surface area (Å²) in [6, 6.07) is 12.2. The zero-order chi connectivity index (χ0) is 17.3. The molecule has 1 unspecified atom stereocenters. The summed E-state index contributed by atoms with van der Waals surface area (Å²) in [5.74, 6) is -0.813. The van der Waals surface area contributed by atoms with Gasteiger partial charge < -0.3 is 10.2 Å². The van der Waals surface area contributed by atoms with Crippen LogP contribution in [0.4, 0.5) is 11.4 Å². The predicted molar refractivity (Wildman–Crippen MR) is 97.0 cm³/mol. The van der Waals surface area contributed by atoms with E-state index in [1.165, 1.54) is 12.1 Å². The number of benzene rings is 2. The van der Waals surface area contributed by atoms with Crippen molar-refractivity contribution < 1.29 is 9.59 Å². The lowest BCUT2D eigenvalue weighted by atomic mass is 10.1. The molecule has 2 aromatic rings. The van der Waals surface area contributed by atoms with Gasteiger partial charge in [-0.3, -0.25) is 9.59 Å². The average Bonchev–Trinajstić information content (AvgIpc) is 2.95. The Bertz CT molecular complexity index is 796. The van der Waals surface area contributed by atoms with Crippen LogP contribution in [0.15, 0.2) is 42.5 Å². The highest BCUT2D eigenvalue weighted by atomic mass is 35.5. The number of hydrogen-bond donors (Lipinski definition) is 1. The molecule has 4 nitrogen and oxygen atoms in total. The van der Waals surface area contributed by atoms with E-state index in [-0.39, 0.29) is 18.2 Å². The number of nitrogens with one attached hydrogen (secondary N) is 1. The summed E-state index contributed by atoms with van der Waals surface area (Å²) in [6.07, 6.45) is 0.152. The van der Waals surface area contributed by atoms with Gasteiger partial charge in [0.2, 0.25) is 11.8 Å². The molecule has 0 aliphatic carbocycles. The van der Waals surface area contributed by atoms with Crippen LogP contribution >= 0.6 is 34.8 Å². The molecule has 0 aromatic heterocycles. The van der Waals surface area contributed by atoms with E-state index in [1.54, 1.807) is 4.90 Å².